The summed E-state index contributed by atoms with van der Waals surface area (Å²) in [7, 11) is 0. The van der Waals surface area contributed by atoms with Crippen molar-refractivity contribution in [2.24, 2.45) is 0 Å². The van der Waals surface area contributed by atoms with Crippen LogP contribution in [0.3, 0.4) is 0 Å². The molecule has 1 aromatic heterocycles. The molecule has 0 atom stereocenters. The Balaban J connectivity index is 3.31. The lowest BCUT2D eigenvalue weighted by atomic mass is 10.0. The minimum absolute atomic E-state index is 0.0756. The highest BCUT2D eigenvalue weighted by Crippen LogP contribution is 2.27. The average molecular weight is 217 g/mol. The van der Waals surface area contributed by atoms with Crippen molar-refractivity contribution < 1.29 is 8.78 Å². The van der Waals surface area contributed by atoms with Crippen molar-refractivity contribution in [1.82, 2.24) is 4.98 Å². The summed E-state index contributed by atoms with van der Waals surface area (Å²) in [5.74, 6) is 0. The van der Waals surface area contributed by atoms with Crippen molar-refractivity contribution in [1.29, 1.82) is 5.26 Å². The highest BCUT2D eigenvalue weighted by atomic mass is 35.5. The first-order valence-corrected chi connectivity index (χ1v) is 4.24. The molecule has 0 fully saturated rings. The third-order valence-electron chi connectivity index (χ3n) is 1.92. The molecule has 0 aliphatic heterocycles. The Bertz CT molecular complexity index is 385. The Morgan fingerprint density at radius 1 is 1.64 bits per heavy atom. The summed E-state index contributed by atoms with van der Waals surface area (Å²) in [5.41, 5.74) is 0.516. The van der Waals surface area contributed by atoms with E-state index < -0.39 is 6.43 Å². The Morgan fingerprint density at radius 3 is 2.79 bits per heavy atom. The molecule has 14 heavy (non-hydrogen) atoms. The van der Waals surface area contributed by atoms with Crippen LogP contribution in [0.4, 0.5) is 8.78 Å². The van der Waals surface area contributed by atoms with Crippen molar-refractivity contribution in [3.63, 3.8) is 0 Å². The number of nitrogens with zero attached hydrogens (tertiary/aromatic N) is 2. The zero-order valence-corrected chi connectivity index (χ0v) is 8.15. The van der Waals surface area contributed by atoms with E-state index >= 15 is 0 Å². The molecule has 1 rings (SSSR count). The van der Waals surface area contributed by atoms with Crippen molar-refractivity contribution in [2.45, 2.75) is 19.8 Å². The van der Waals surface area contributed by atoms with Gasteiger partial charge in [-0.2, -0.15) is 5.26 Å². The van der Waals surface area contributed by atoms with Gasteiger partial charge in [-0.15, -0.1) is 0 Å². The van der Waals surface area contributed by atoms with Crippen LogP contribution < -0.4 is 0 Å². The Hall–Kier alpha value is -1.21. The summed E-state index contributed by atoms with van der Waals surface area (Å²) in [4.78, 5) is 3.62. The number of halogens is 3. The standard InChI is InChI=1S/C9H7ClF2N2/c1-5-6(2-3-13)7(9(11)12)4-14-8(5)10/h4,9H,2H2,1H3. The topological polar surface area (TPSA) is 36.7 Å². The second-order valence-electron chi connectivity index (χ2n) is 2.74. The summed E-state index contributed by atoms with van der Waals surface area (Å²) in [6.07, 6.45) is -1.68. The van der Waals surface area contributed by atoms with Gasteiger partial charge in [-0.25, -0.2) is 13.8 Å². The lowest BCUT2D eigenvalue weighted by Gasteiger charge is -2.09. The Labute approximate surface area is 85.1 Å². The highest BCUT2D eigenvalue weighted by molar-refractivity contribution is 6.30. The molecule has 5 heteroatoms. The van der Waals surface area contributed by atoms with E-state index in [1.807, 2.05) is 6.07 Å². The number of hydrogen-bond acceptors (Lipinski definition) is 2. The first kappa shape index (κ1) is 10.9. The van der Waals surface area contributed by atoms with Crippen LogP contribution in [0.2, 0.25) is 5.15 Å². The van der Waals surface area contributed by atoms with Gasteiger partial charge in [0, 0.05) is 11.8 Å². The third-order valence-corrected chi connectivity index (χ3v) is 2.30. The molecule has 1 aromatic rings. The predicted octanol–water partition coefficient (Wildman–Crippen LogP) is 3.05. The molecule has 74 valence electrons. The van der Waals surface area contributed by atoms with Gasteiger partial charge in [0.25, 0.3) is 6.43 Å². The normalized spacial score (nSPS) is 10.3. The van der Waals surface area contributed by atoms with Crippen LogP contribution in [0.15, 0.2) is 6.20 Å². The van der Waals surface area contributed by atoms with Crippen LogP contribution in [0, 0.1) is 18.3 Å². The maximum absolute atomic E-state index is 12.5. The molecule has 2 nitrogen and oxygen atoms in total. The lowest BCUT2D eigenvalue weighted by molar-refractivity contribution is 0.150. The van der Waals surface area contributed by atoms with E-state index in [2.05, 4.69) is 4.98 Å². The highest BCUT2D eigenvalue weighted by Gasteiger charge is 2.16. The van der Waals surface area contributed by atoms with Crippen molar-refractivity contribution in [2.75, 3.05) is 0 Å². The van der Waals surface area contributed by atoms with Gasteiger partial charge >= 0.3 is 0 Å². The summed E-state index contributed by atoms with van der Waals surface area (Å²) in [5, 5.41) is 8.65. The first-order chi connectivity index (χ1) is 6.57. The molecule has 0 amide bonds. The molecule has 0 aromatic carbocycles. The Morgan fingerprint density at radius 2 is 2.29 bits per heavy atom. The van der Waals surface area contributed by atoms with E-state index in [1.54, 1.807) is 6.92 Å². The van der Waals surface area contributed by atoms with Crippen LogP contribution >= 0.6 is 11.6 Å². The van der Waals surface area contributed by atoms with Crippen LogP contribution in [-0.4, -0.2) is 4.98 Å². The van der Waals surface area contributed by atoms with Gasteiger partial charge in [0.1, 0.15) is 5.15 Å². The molecule has 0 aliphatic rings. The smallest absolute Gasteiger partial charge is 0.244 e. The van der Waals surface area contributed by atoms with E-state index in [9.17, 15) is 8.78 Å². The molecule has 0 saturated heterocycles. The van der Waals surface area contributed by atoms with Crippen LogP contribution in [0.25, 0.3) is 0 Å². The Kier molecular flexibility index (Phi) is 3.37. The van der Waals surface area contributed by atoms with Gasteiger partial charge < -0.3 is 0 Å². The van der Waals surface area contributed by atoms with Gasteiger partial charge in [0.05, 0.1) is 12.5 Å². The van der Waals surface area contributed by atoms with Gasteiger partial charge in [-0.05, 0) is 18.1 Å². The number of rotatable bonds is 2. The summed E-state index contributed by atoms with van der Waals surface area (Å²) in [6, 6.07) is 1.83. The summed E-state index contributed by atoms with van der Waals surface area (Å²) in [6.45, 7) is 1.58. The van der Waals surface area contributed by atoms with E-state index in [0.717, 1.165) is 6.20 Å². The molecular weight excluding hydrogens is 210 g/mol. The second-order valence-corrected chi connectivity index (χ2v) is 3.10. The fourth-order valence-electron chi connectivity index (χ4n) is 1.14. The third kappa shape index (κ3) is 1.99. The van der Waals surface area contributed by atoms with Crippen molar-refractivity contribution in [3.8, 4) is 6.07 Å². The minimum atomic E-state index is -2.62. The molecule has 0 radical (unpaired) electrons. The van der Waals surface area contributed by atoms with Crippen LogP contribution in [0.5, 0.6) is 0 Å². The number of alkyl halides is 2. The fraction of sp³-hybridized carbons (Fsp3) is 0.333. The quantitative estimate of drug-likeness (QED) is 0.713. The molecule has 0 N–H and O–H groups in total. The second kappa shape index (κ2) is 4.34. The minimum Gasteiger partial charge on any atom is -0.244 e. The predicted molar refractivity (Wildman–Crippen MR) is 48.3 cm³/mol. The average Bonchev–Trinajstić information content (AvgIpc) is 2.13. The van der Waals surface area contributed by atoms with Crippen LogP contribution in [-0.2, 0) is 6.42 Å². The molecule has 0 saturated carbocycles. The van der Waals surface area contributed by atoms with E-state index in [1.165, 1.54) is 0 Å². The molecule has 0 bridgehead atoms. The summed E-state index contributed by atoms with van der Waals surface area (Å²) >= 11 is 5.66. The number of nitriles is 1. The lowest BCUT2D eigenvalue weighted by Crippen LogP contribution is -2.00. The SMILES string of the molecule is Cc1c(Cl)ncc(C(F)F)c1CC#N. The van der Waals surface area contributed by atoms with Gasteiger partial charge in [0.2, 0.25) is 0 Å². The zero-order valence-electron chi connectivity index (χ0n) is 7.39. The number of pyridine rings is 1. The molecule has 0 spiro atoms. The first-order valence-electron chi connectivity index (χ1n) is 3.87. The maximum Gasteiger partial charge on any atom is 0.265 e. The van der Waals surface area contributed by atoms with Crippen molar-refractivity contribution in [3.05, 3.63) is 28.0 Å². The fourth-order valence-corrected chi connectivity index (χ4v) is 1.31. The summed E-state index contributed by atoms with van der Waals surface area (Å²) < 4.78 is 24.9. The van der Waals surface area contributed by atoms with E-state index in [-0.39, 0.29) is 22.7 Å². The molecular formula is C9H7ClF2N2. The van der Waals surface area contributed by atoms with Gasteiger partial charge in [0.15, 0.2) is 0 Å². The van der Waals surface area contributed by atoms with Crippen LogP contribution in [0.1, 0.15) is 23.1 Å². The van der Waals surface area contributed by atoms with E-state index in [4.69, 9.17) is 16.9 Å². The van der Waals surface area contributed by atoms with Gasteiger partial charge in [-0.3, -0.25) is 0 Å². The largest absolute Gasteiger partial charge is 0.265 e. The molecule has 0 unspecified atom stereocenters. The van der Waals surface area contributed by atoms with E-state index in [0.29, 0.717) is 5.56 Å². The number of hydrogen-bond donors (Lipinski definition) is 0. The molecule has 1 heterocycles. The van der Waals surface area contributed by atoms with Gasteiger partial charge in [-0.1, -0.05) is 11.6 Å². The number of aromatic nitrogens is 1. The molecule has 0 aliphatic carbocycles. The van der Waals surface area contributed by atoms with Crippen molar-refractivity contribution >= 4 is 11.6 Å². The monoisotopic (exact) mass is 216 g/mol. The maximum atomic E-state index is 12.5. The zero-order chi connectivity index (χ0) is 10.7.